The van der Waals surface area contributed by atoms with Crippen LogP contribution in [0.2, 0.25) is 0 Å². The molecule has 136 valence electrons. The molecule has 0 aliphatic carbocycles. The first-order valence-electron chi connectivity index (χ1n) is 9.61. The van der Waals surface area contributed by atoms with E-state index in [4.69, 9.17) is 0 Å². The highest BCUT2D eigenvalue weighted by molar-refractivity contribution is 5.96. The van der Waals surface area contributed by atoms with Gasteiger partial charge in [0.05, 0.1) is 6.42 Å². The molecule has 4 rings (SSSR count). The zero-order chi connectivity index (χ0) is 19.0. The number of rotatable bonds is 3. The molecule has 27 heavy (non-hydrogen) atoms. The Morgan fingerprint density at radius 2 is 1.74 bits per heavy atom. The Labute approximate surface area is 162 Å². The molecule has 2 aromatic carbocycles. The first-order chi connectivity index (χ1) is 13.0. The van der Waals surface area contributed by atoms with Crippen LogP contribution in [0.1, 0.15) is 29.2 Å². The molecule has 0 radical (unpaired) electrons. The second-order valence-electron chi connectivity index (χ2n) is 7.76. The second-order valence-corrected chi connectivity index (χ2v) is 7.76. The van der Waals surface area contributed by atoms with Gasteiger partial charge in [0, 0.05) is 35.5 Å². The second kappa shape index (κ2) is 7.03. The van der Waals surface area contributed by atoms with Gasteiger partial charge in [0.25, 0.3) is 0 Å². The number of benzene rings is 2. The van der Waals surface area contributed by atoms with Crippen LogP contribution in [0.5, 0.6) is 0 Å². The summed E-state index contributed by atoms with van der Waals surface area (Å²) in [5, 5.41) is 3.52. The predicted octanol–water partition coefficient (Wildman–Crippen LogP) is 5.63. The van der Waals surface area contributed by atoms with Crippen LogP contribution in [0, 0.1) is 13.8 Å². The van der Waals surface area contributed by atoms with Gasteiger partial charge in [-0.05, 0) is 44.5 Å². The molecule has 2 nitrogen and oxygen atoms in total. The van der Waals surface area contributed by atoms with E-state index in [-0.39, 0.29) is 0 Å². The van der Waals surface area contributed by atoms with Crippen molar-refractivity contribution in [2.75, 3.05) is 12.4 Å². The fourth-order valence-electron chi connectivity index (χ4n) is 3.85. The van der Waals surface area contributed by atoms with Gasteiger partial charge in [-0.1, -0.05) is 47.1 Å². The quantitative estimate of drug-likeness (QED) is 0.557. The van der Waals surface area contributed by atoms with Crippen LogP contribution < -0.4 is 5.32 Å². The monoisotopic (exact) mass is 355 g/mol. The smallest absolute Gasteiger partial charge is 0.208 e. The minimum Gasteiger partial charge on any atom is -0.358 e. The molecule has 2 aliphatic rings. The Bertz CT molecular complexity index is 1030. The first kappa shape index (κ1) is 17.5. The summed E-state index contributed by atoms with van der Waals surface area (Å²) in [6.07, 6.45) is 10.9. The third-order valence-electron chi connectivity index (χ3n) is 5.42. The summed E-state index contributed by atoms with van der Waals surface area (Å²) in [5.74, 6) is 0. The summed E-state index contributed by atoms with van der Waals surface area (Å²) in [5.41, 5.74) is 11.9. The Morgan fingerprint density at radius 1 is 1.00 bits per heavy atom. The highest BCUT2D eigenvalue weighted by Gasteiger charge is 2.24. The molecule has 0 saturated carbocycles. The van der Waals surface area contributed by atoms with E-state index in [9.17, 15) is 0 Å². The molecule has 0 amide bonds. The molecule has 2 heterocycles. The Kier molecular flexibility index (Phi) is 4.57. The summed E-state index contributed by atoms with van der Waals surface area (Å²) >= 11 is 0. The van der Waals surface area contributed by atoms with E-state index in [2.05, 4.69) is 98.4 Å². The average Bonchev–Trinajstić information content (AvgIpc) is 3.18. The Balaban J connectivity index is 1.45. The lowest BCUT2D eigenvalue weighted by molar-refractivity contribution is -0.400. The molecule has 0 spiro atoms. The maximum atomic E-state index is 3.52. The molecule has 1 N–H and O–H groups in total. The van der Waals surface area contributed by atoms with Crippen LogP contribution in [0.15, 0.2) is 72.0 Å². The van der Waals surface area contributed by atoms with Gasteiger partial charge in [0.1, 0.15) is 7.05 Å². The summed E-state index contributed by atoms with van der Waals surface area (Å²) in [6, 6.07) is 13.3. The first-order valence-corrected chi connectivity index (χ1v) is 9.61. The molecule has 2 aromatic rings. The van der Waals surface area contributed by atoms with E-state index in [0.717, 1.165) is 12.8 Å². The minimum atomic E-state index is 0.985. The molecule has 0 atom stereocenters. The number of allylic oxidation sites excluding steroid dienone is 6. The van der Waals surface area contributed by atoms with E-state index in [1.165, 1.54) is 50.6 Å². The minimum absolute atomic E-state index is 0.985. The van der Waals surface area contributed by atoms with Crippen LogP contribution in [0.4, 0.5) is 11.4 Å². The number of aryl methyl sites for hydroxylation is 2. The van der Waals surface area contributed by atoms with Crippen molar-refractivity contribution in [3.05, 3.63) is 94.2 Å². The van der Waals surface area contributed by atoms with Gasteiger partial charge in [0.2, 0.25) is 5.69 Å². The predicted molar refractivity (Wildman–Crippen MR) is 115 cm³/mol. The molecular formula is C25H27N2+. The summed E-state index contributed by atoms with van der Waals surface area (Å²) < 4.78 is 2.30. The van der Waals surface area contributed by atoms with Gasteiger partial charge in [-0.25, -0.2) is 0 Å². The lowest BCUT2D eigenvalue weighted by Gasteiger charge is -1.99. The van der Waals surface area contributed by atoms with Gasteiger partial charge in [-0.3, -0.25) is 0 Å². The molecular weight excluding hydrogens is 328 g/mol. The summed E-state index contributed by atoms with van der Waals surface area (Å²) in [7, 11) is 2.16. The van der Waals surface area contributed by atoms with Crippen molar-refractivity contribution in [2.45, 2.75) is 33.6 Å². The van der Waals surface area contributed by atoms with Crippen molar-refractivity contribution in [3.63, 3.8) is 0 Å². The molecule has 0 saturated heterocycles. The third-order valence-corrected chi connectivity index (χ3v) is 5.42. The fraction of sp³-hybridized carbons (Fsp3) is 0.240. The average molecular weight is 356 g/mol. The van der Waals surface area contributed by atoms with E-state index < -0.39 is 0 Å². The van der Waals surface area contributed by atoms with Gasteiger partial charge >= 0.3 is 0 Å². The van der Waals surface area contributed by atoms with Gasteiger partial charge in [-0.2, -0.15) is 4.58 Å². The number of hydrogen-bond donors (Lipinski definition) is 1. The number of fused-ring (bicyclic) bond motifs is 2. The van der Waals surface area contributed by atoms with Crippen LogP contribution in [-0.2, 0) is 12.8 Å². The van der Waals surface area contributed by atoms with E-state index in [1.807, 2.05) is 0 Å². The molecule has 2 aliphatic heterocycles. The number of nitrogens with one attached hydrogen (secondary N) is 1. The van der Waals surface area contributed by atoms with Crippen LogP contribution in [0.25, 0.3) is 0 Å². The fourth-order valence-corrected chi connectivity index (χ4v) is 3.85. The number of hydrogen-bond acceptors (Lipinski definition) is 1. The highest BCUT2D eigenvalue weighted by atomic mass is 15.0. The van der Waals surface area contributed by atoms with E-state index >= 15 is 0 Å². The molecule has 0 fully saturated rings. The zero-order valence-electron chi connectivity index (χ0n) is 16.6. The summed E-state index contributed by atoms with van der Waals surface area (Å²) in [4.78, 5) is 0. The van der Waals surface area contributed by atoms with Crippen LogP contribution in [0.3, 0.4) is 0 Å². The van der Waals surface area contributed by atoms with Crippen molar-refractivity contribution >= 4 is 17.1 Å². The number of nitrogens with zero attached hydrogens (tertiary/aromatic N) is 1. The van der Waals surface area contributed by atoms with Crippen molar-refractivity contribution in [3.8, 4) is 0 Å². The SMILES string of the molecule is CC(/C=C/C1=[N+](C)c2ccc(C)cc2C1)=C\C=C1\Cc2cc(C)ccc2N1. The van der Waals surface area contributed by atoms with E-state index in [0.29, 0.717) is 0 Å². The molecule has 0 aromatic heterocycles. The van der Waals surface area contributed by atoms with Crippen molar-refractivity contribution in [2.24, 2.45) is 0 Å². The Hall–Kier alpha value is -2.87. The largest absolute Gasteiger partial charge is 0.358 e. The maximum Gasteiger partial charge on any atom is 0.208 e. The van der Waals surface area contributed by atoms with Gasteiger partial charge in [-0.15, -0.1) is 0 Å². The lowest BCUT2D eigenvalue weighted by Crippen LogP contribution is -2.04. The van der Waals surface area contributed by atoms with E-state index in [1.54, 1.807) is 0 Å². The maximum absolute atomic E-state index is 3.52. The van der Waals surface area contributed by atoms with Gasteiger partial charge < -0.3 is 5.32 Å². The molecule has 0 unspecified atom stereocenters. The van der Waals surface area contributed by atoms with Gasteiger partial charge in [0.15, 0.2) is 5.71 Å². The standard InChI is InChI=1S/C25H26N2/c1-17(5-9-22-15-20-13-18(2)7-11-24(20)26-22)6-10-23-16-21-14-19(3)8-12-25(21)27(23)4/h5-14H,15-16H2,1-4H3/p+1. The molecule has 2 heteroatoms. The molecule has 0 bridgehead atoms. The zero-order valence-corrected chi connectivity index (χ0v) is 16.6. The van der Waals surface area contributed by atoms with Crippen molar-refractivity contribution in [1.29, 1.82) is 0 Å². The topological polar surface area (TPSA) is 15.0 Å². The highest BCUT2D eigenvalue weighted by Crippen LogP contribution is 2.29. The lowest BCUT2D eigenvalue weighted by atomic mass is 10.1. The van der Waals surface area contributed by atoms with Crippen LogP contribution in [-0.4, -0.2) is 17.3 Å². The van der Waals surface area contributed by atoms with Crippen molar-refractivity contribution < 1.29 is 4.58 Å². The summed E-state index contributed by atoms with van der Waals surface area (Å²) in [6.45, 7) is 6.46. The Morgan fingerprint density at radius 3 is 2.56 bits per heavy atom. The third kappa shape index (κ3) is 3.66. The van der Waals surface area contributed by atoms with Crippen molar-refractivity contribution in [1.82, 2.24) is 0 Å². The van der Waals surface area contributed by atoms with Crippen LogP contribution >= 0.6 is 0 Å². The number of anilines is 1. The normalized spacial score (nSPS) is 17.6.